The normalized spacial score (nSPS) is 16.7. The molecule has 6 nitrogen and oxygen atoms in total. The molecule has 0 atom stereocenters. The van der Waals surface area contributed by atoms with Crippen molar-refractivity contribution in [1.82, 2.24) is 9.88 Å². The summed E-state index contributed by atoms with van der Waals surface area (Å²) >= 11 is 0. The highest BCUT2D eigenvalue weighted by molar-refractivity contribution is 5.78. The molecule has 1 amide bonds. The van der Waals surface area contributed by atoms with Crippen LogP contribution in [-0.2, 0) is 27.2 Å². The fraction of sp³-hybridized carbons (Fsp3) is 0.409. The van der Waals surface area contributed by atoms with Gasteiger partial charge in [0.05, 0.1) is 6.42 Å². The maximum Gasteiger partial charge on any atom is 0.373 e. The van der Waals surface area contributed by atoms with Crippen molar-refractivity contribution in [2.24, 2.45) is 0 Å². The number of pyridine rings is 1. The van der Waals surface area contributed by atoms with Crippen LogP contribution in [0.4, 0.5) is 4.39 Å². The monoisotopic (exact) mass is 398 g/mol. The standard InChI is InChI=1S/C21H23FN2O2.CO2/c1-15-10-16(14-23-13-15)11-20(25)24-8-6-21(7-9-24)5-4-17-2-3-18(22)12-19(17)26-21;2-1-3/h2-3,10,12-14H,4-9,11H2,1H3;. The summed E-state index contributed by atoms with van der Waals surface area (Å²) < 4.78 is 19.7. The number of ether oxygens (including phenoxy) is 1. The maximum absolute atomic E-state index is 13.5. The molecule has 0 radical (unpaired) electrons. The van der Waals surface area contributed by atoms with Gasteiger partial charge in [0.1, 0.15) is 17.2 Å². The van der Waals surface area contributed by atoms with Crippen LogP contribution in [0, 0.1) is 12.7 Å². The quantitative estimate of drug-likeness (QED) is 0.778. The first-order valence-electron chi connectivity index (χ1n) is 9.60. The SMILES string of the molecule is Cc1cncc(CC(=O)N2CCC3(CCc4ccc(F)cc4O3)CC2)c1.O=C=O. The van der Waals surface area contributed by atoms with Crippen molar-refractivity contribution in [3.05, 3.63) is 59.2 Å². The Kier molecular flexibility index (Phi) is 6.39. The van der Waals surface area contributed by atoms with Crippen LogP contribution in [0.5, 0.6) is 5.75 Å². The first-order chi connectivity index (χ1) is 13.9. The van der Waals surface area contributed by atoms with Crippen molar-refractivity contribution < 1.29 is 23.5 Å². The van der Waals surface area contributed by atoms with E-state index < -0.39 is 0 Å². The number of carbonyl (C=O) groups is 1. The number of aromatic nitrogens is 1. The Morgan fingerprint density at radius 2 is 1.93 bits per heavy atom. The molecule has 1 fully saturated rings. The van der Waals surface area contributed by atoms with E-state index in [-0.39, 0.29) is 23.5 Å². The minimum absolute atomic E-state index is 0.134. The molecular formula is C22H23FN2O4. The second-order valence-electron chi connectivity index (χ2n) is 7.55. The van der Waals surface area contributed by atoms with Crippen molar-refractivity contribution in [2.75, 3.05) is 13.1 Å². The lowest BCUT2D eigenvalue weighted by Crippen LogP contribution is -2.51. The highest BCUT2D eigenvalue weighted by Crippen LogP contribution is 2.39. The Bertz CT molecular complexity index is 917. The number of carbonyl (C=O) groups excluding carboxylic acids is 3. The zero-order valence-electron chi connectivity index (χ0n) is 16.3. The van der Waals surface area contributed by atoms with Gasteiger partial charge in [-0.1, -0.05) is 12.1 Å². The van der Waals surface area contributed by atoms with Gasteiger partial charge in [-0.25, -0.2) is 4.39 Å². The third kappa shape index (κ3) is 5.06. The maximum atomic E-state index is 13.5. The number of hydrogen-bond acceptors (Lipinski definition) is 5. The molecule has 0 bridgehead atoms. The lowest BCUT2D eigenvalue weighted by Gasteiger charge is -2.44. The van der Waals surface area contributed by atoms with Crippen LogP contribution in [0.15, 0.2) is 36.7 Å². The molecule has 0 aliphatic carbocycles. The van der Waals surface area contributed by atoms with Crippen molar-refractivity contribution in [2.45, 2.75) is 44.6 Å². The molecule has 152 valence electrons. The second kappa shape index (κ2) is 8.97. The number of halogens is 1. The molecule has 1 aromatic heterocycles. The van der Waals surface area contributed by atoms with Crippen LogP contribution in [0.25, 0.3) is 0 Å². The minimum atomic E-state index is -0.264. The van der Waals surface area contributed by atoms with Gasteiger partial charge in [-0.3, -0.25) is 9.78 Å². The van der Waals surface area contributed by atoms with E-state index in [4.69, 9.17) is 14.3 Å². The van der Waals surface area contributed by atoms with Crippen LogP contribution >= 0.6 is 0 Å². The van der Waals surface area contributed by atoms with Crippen LogP contribution in [0.3, 0.4) is 0 Å². The van der Waals surface area contributed by atoms with Gasteiger partial charge in [0, 0.05) is 44.4 Å². The van der Waals surface area contributed by atoms with Crippen molar-refractivity contribution in [3.63, 3.8) is 0 Å². The van der Waals surface area contributed by atoms with Gasteiger partial charge in [-0.2, -0.15) is 9.59 Å². The molecule has 0 saturated carbocycles. The third-order valence-corrected chi connectivity index (χ3v) is 5.52. The summed E-state index contributed by atoms with van der Waals surface area (Å²) in [6.07, 6.45) is 7.60. The van der Waals surface area contributed by atoms with E-state index in [0.717, 1.165) is 42.4 Å². The number of benzene rings is 1. The second-order valence-corrected chi connectivity index (χ2v) is 7.55. The molecule has 1 saturated heterocycles. The first kappa shape index (κ1) is 20.7. The van der Waals surface area contributed by atoms with E-state index in [9.17, 15) is 9.18 Å². The zero-order chi connectivity index (χ0) is 20.9. The Morgan fingerprint density at radius 1 is 1.21 bits per heavy atom. The number of rotatable bonds is 2. The van der Waals surface area contributed by atoms with Gasteiger partial charge < -0.3 is 9.64 Å². The van der Waals surface area contributed by atoms with Crippen LogP contribution in [0.1, 0.15) is 36.0 Å². The number of hydrogen-bond donors (Lipinski definition) is 0. The van der Waals surface area contributed by atoms with Gasteiger partial charge in [-0.15, -0.1) is 0 Å². The predicted molar refractivity (Wildman–Crippen MR) is 102 cm³/mol. The first-order valence-corrected chi connectivity index (χ1v) is 9.60. The number of likely N-dealkylation sites (tertiary alicyclic amines) is 1. The Hall–Kier alpha value is -3.05. The largest absolute Gasteiger partial charge is 0.487 e. The van der Waals surface area contributed by atoms with E-state index in [2.05, 4.69) is 4.98 Å². The Morgan fingerprint density at radius 3 is 2.62 bits per heavy atom. The lowest BCUT2D eigenvalue weighted by atomic mass is 9.83. The number of fused-ring (bicyclic) bond motifs is 1. The van der Waals surface area contributed by atoms with E-state index in [1.807, 2.05) is 24.0 Å². The van der Waals surface area contributed by atoms with E-state index >= 15 is 0 Å². The molecule has 1 aromatic carbocycles. The zero-order valence-corrected chi connectivity index (χ0v) is 16.3. The Balaban J connectivity index is 0.000000755. The fourth-order valence-electron chi connectivity index (χ4n) is 3.99. The molecule has 2 aliphatic rings. The summed E-state index contributed by atoms with van der Waals surface area (Å²) in [7, 11) is 0. The van der Waals surface area contributed by atoms with E-state index in [1.54, 1.807) is 12.4 Å². The fourth-order valence-corrected chi connectivity index (χ4v) is 3.99. The smallest absolute Gasteiger partial charge is 0.373 e. The van der Waals surface area contributed by atoms with Crippen LogP contribution in [-0.4, -0.2) is 40.6 Å². The van der Waals surface area contributed by atoms with Gasteiger partial charge >= 0.3 is 6.15 Å². The van der Waals surface area contributed by atoms with Gasteiger partial charge in [-0.05, 0) is 42.5 Å². The van der Waals surface area contributed by atoms with Crippen molar-refractivity contribution >= 4 is 12.1 Å². The Labute approximate surface area is 168 Å². The predicted octanol–water partition coefficient (Wildman–Crippen LogP) is 2.87. The summed E-state index contributed by atoms with van der Waals surface area (Å²) in [4.78, 5) is 34.9. The van der Waals surface area contributed by atoms with Crippen molar-refractivity contribution in [3.8, 4) is 5.75 Å². The average Bonchev–Trinajstić information content (AvgIpc) is 2.69. The van der Waals surface area contributed by atoms with E-state index in [0.29, 0.717) is 25.3 Å². The van der Waals surface area contributed by atoms with Gasteiger partial charge in [0.25, 0.3) is 0 Å². The molecule has 2 aromatic rings. The van der Waals surface area contributed by atoms with Gasteiger partial charge in [0.2, 0.25) is 5.91 Å². The molecule has 0 N–H and O–H groups in total. The summed E-state index contributed by atoms with van der Waals surface area (Å²) in [5, 5.41) is 0. The van der Waals surface area contributed by atoms with Crippen molar-refractivity contribution in [1.29, 1.82) is 0 Å². The summed E-state index contributed by atoms with van der Waals surface area (Å²) in [5.41, 5.74) is 2.83. The van der Waals surface area contributed by atoms with E-state index in [1.165, 1.54) is 12.1 Å². The minimum Gasteiger partial charge on any atom is -0.487 e. The highest BCUT2D eigenvalue weighted by atomic mass is 19.1. The number of aryl methyl sites for hydroxylation is 2. The third-order valence-electron chi connectivity index (χ3n) is 5.52. The number of piperidine rings is 1. The van der Waals surface area contributed by atoms with Crippen LogP contribution < -0.4 is 4.74 Å². The molecule has 3 heterocycles. The summed E-state index contributed by atoms with van der Waals surface area (Å²) in [6, 6.07) is 6.79. The number of nitrogens with zero attached hydrogens (tertiary/aromatic N) is 2. The summed E-state index contributed by atoms with van der Waals surface area (Å²) in [5.74, 6) is 0.538. The molecular weight excluding hydrogens is 375 g/mol. The topological polar surface area (TPSA) is 76.6 Å². The molecule has 0 unspecified atom stereocenters. The molecule has 7 heteroatoms. The van der Waals surface area contributed by atoms with Crippen LogP contribution in [0.2, 0.25) is 0 Å². The number of amides is 1. The molecule has 2 aliphatic heterocycles. The van der Waals surface area contributed by atoms with Gasteiger partial charge in [0.15, 0.2) is 0 Å². The highest BCUT2D eigenvalue weighted by Gasteiger charge is 2.40. The average molecular weight is 398 g/mol. The molecule has 29 heavy (non-hydrogen) atoms. The molecule has 4 rings (SSSR count). The molecule has 1 spiro atoms. The lowest BCUT2D eigenvalue weighted by molar-refractivity contribution is -0.191. The summed E-state index contributed by atoms with van der Waals surface area (Å²) in [6.45, 7) is 3.35.